The molecule has 1 aromatic carbocycles. The Hall–Kier alpha value is -2.19. The van der Waals surface area contributed by atoms with Crippen molar-refractivity contribution in [2.24, 2.45) is 0 Å². The maximum atomic E-state index is 13.4. The maximum absolute atomic E-state index is 13.4. The minimum absolute atomic E-state index is 0.0425. The summed E-state index contributed by atoms with van der Waals surface area (Å²) in [6, 6.07) is 11.6. The third-order valence-electron chi connectivity index (χ3n) is 5.75. The van der Waals surface area contributed by atoms with E-state index in [0.29, 0.717) is 23.8 Å². The van der Waals surface area contributed by atoms with E-state index >= 15 is 0 Å². The van der Waals surface area contributed by atoms with E-state index in [0.717, 1.165) is 12.0 Å². The minimum Gasteiger partial charge on any atom is -0.329 e. The average molecular weight is 488 g/mol. The van der Waals surface area contributed by atoms with Crippen LogP contribution < -0.4 is 5.32 Å². The zero-order chi connectivity index (χ0) is 22.7. The minimum atomic E-state index is -0.154. The summed E-state index contributed by atoms with van der Waals surface area (Å²) in [5.74, 6) is -0.104. The van der Waals surface area contributed by atoms with Gasteiger partial charge in [0.15, 0.2) is 0 Å². The summed E-state index contributed by atoms with van der Waals surface area (Å²) in [5.41, 5.74) is 2.87. The van der Waals surface area contributed by atoms with Crippen LogP contribution in [0.1, 0.15) is 33.8 Å². The first kappa shape index (κ1) is 23.0. The number of carbonyl (C=O) groups excluding carboxylic acids is 2. The summed E-state index contributed by atoms with van der Waals surface area (Å²) in [7, 11) is 0. The number of aryl methyl sites for hydroxylation is 1. The molecule has 0 radical (unpaired) electrons. The standard InChI is InChI=1S/C24H26ClN3O2S2/c1-3-27(14-22(29)26-19-13-17(25)7-6-16(19)2)15-23(30)28-10-8-20-18(9-12-32-20)24(28)21-5-4-11-31-21/h4-7,9,11-13,24H,3,8,10,14-15H2,1-2H3,(H,26,29). The smallest absolute Gasteiger partial charge is 0.238 e. The lowest BCUT2D eigenvalue weighted by Gasteiger charge is -2.36. The molecule has 8 heteroatoms. The lowest BCUT2D eigenvalue weighted by atomic mass is 9.98. The molecule has 1 atom stereocenters. The fourth-order valence-electron chi connectivity index (χ4n) is 4.02. The number of carbonyl (C=O) groups is 2. The van der Waals surface area contributed by atoms with Crippen molar-refractivity contribution < 1.29 is 9.59 Å². The molecule has 32 heavy (non-hydrogen) atoms. The molecule has 0 saturated carbocycles. The first-order valence-corrected chi connectivity index (χ1v) is 12.8. The zero-order valence-corrected chi connectivity index (χ0v) is 20.5. The Balaban J connectivity index is 1.44. The number of thiophene rings is 2. The van der Waals surface area contributed by atoms with Gasteiger partial charge in [-0.15, -0.1) is 22.7 Å². The van der Waals surface area contributed by atoms with Crippen LogP contribution in [0.15, 0.2) is 47.2 Å². The Kier molecular flexibility index (Phi) is 7.30. The second-order valence-electron chi connectivity index (χ2n) is 7.86. The Morgan fingerprint density at radius 3 is 2.78 bits per heavy atom. The number of fused-ring (bicyclic) bond motifs is 1. The van der Waals surface area contributed by atoms with Gasteiger partial charge in [-0.25, -0.2) is 0 Å². The number of hydrogen-bond donors (Lipinski definition) is 1. The van der Waals surface area contributed by atoms with Gasteiger partial charge in [0.2, 0.25) is 11.8 Å². The average Bonchev–Trinajstić information content (AvgIpc) is 3.46. The quantitative estimate of drug-likeness (QED) is 0.498. The summed E-state index contributed by atoms with van der Waals surface area (Å²) >= 11 is 9.50. The van der Waals surface area contributed by atoms with E-state index in [9.17, 15) is 9.59 Å². The van der Waals surface area contributed by atoms with Crippen molar-refractivity contribution in [2.45, 2.75) is 26.3 Å². The van der Waals surface area contributed by atoms with E-state index in [4.69, 9.17) is 11.6 Å². The lowest BCUT2D eigenvalue weighted by Crippen LogP contribution is -2.46. The number of halogens is 1. The Morgan fingerprint density at radius 2 is 2.03 bits per heavy atom. The van der Waals surface area contributed by atoms with Gasteiger partial charge >= 0.3 is 0 Å². The molecule has 3 aromatic rings. The zero-order valence-electron chi connectivity index (χ0n) is 18.1. The van der Waals surface area contributed by atoms with Gasteiger partial charge in [0.1, 0.15) is 0 Å². The Labute approximate surface area is 201 Å². The van der Waals surface area contributed by atoms with Gasteiger partial charge in [0.05, 0.1) is 19.1 Å². The van der Waals surface area contributed by atoms with Crippen molar-refractivity contribution in [1.29, 1.82) is 0 Å². The SMILES string of the molecule is CCN(CC(=O)Nc1cc(Cl)ccc1C)CC(=O)N1CCc2sccc2C1c1cccs1. The molecule has 1 aliphatic rings. The topological polar surface area (TPSA) is 52.7 Å². The Bertz CT molecular complexity index is 1100. The van der Waals surface area contributed by atoms with Gasteiger partial charge in [0.25, 0.3) is 0 Å². The fraction of sp³-hybridized carbons (Fsp3) is 0.333. The second kappa shape index (κ2) is 10.2. The van der Waals surface area contributed by atoms with Gasteiger partial charge < -0.3 is 10.2 Å². The molecule has 0 bridgehead atoms. The largest absolute Gasteiger partial charge is 0.329 e. The van der Waals surface area contributed by atoms with E-state index in [1.165, 1.54) is 15.3 Å². The number of nitrogens with zero attached hydrogens (tertiary/aromatic N) is 2. The molecule has 0 spiro atoms. The van der Waals surface area contributed by atoms with Crippen LogP contribution in [0.5, 0.6) is 0 Å². The van der Waals surface area contributed by atoms with Crippen LogP contribution in [0.3, 0.4) is 0 Å². The first-order chi connectivity index (χ1) is 15.5. The van der Waals surface area contributed by atoms with E-state index < -0.39 is 0 Å². The van der Waals surface area contributed by atoms with Crippen LogP contribution >= 0.6 is 34.3 Å². The van der Waals surface area contributed by atoms with Crippen molar-refractivity contribution in [2.75, 3.05) is 31.5 Å². The summed E-state index contributed by atoms with van der Waals surface area (Å²) in [6.45, 7) is 5.55. The first-order valence-electron chi connectivity index (χ1n) is 10.6. The fourth-order valence-corrected chi connectivity index (χ4v) is 5.95. The predicted octanol–water partition coefficient (Wildman–Crippen LogP) is 5.21. The van der Waals surface area contributed by atoms with Gasteiger partial charge in [-0.3, -0.25) is 14.5 Å². The number of amides is 2. The summed E-state index contributed by atoms with van der Waals surface area (Å²) in [5, 5.41) is 7.66. The van der Waals surface area contributed by atoms with Gasteiger partial charge in [-0.2, -0.15) is 0 Å². The van der Waals surface area contributed by atoms with Crippen molar-refractivity contribution in [1.82, 2.24) is 9.80 Å². The molecule has 0 aliphatic carbocycles. The van der Waals surface area contributed by atoms with Crippen molar-refractivity contribution in [3.8, 4) is 0 Å². The molecule has 0 fully saturated rings. The molecule has 3 heterocycles. The molecule has 1 N–H and O–H groups in total. The number of anilines is 1. The van der Waals surface area contributed by atoms with E-state index in [1.54, 1.807) is 34.8 Å². The van der Waals surface area contributed by atoms with E-state index in [1.807, 2.05) is 35.8 Å². The highest BCUT2D eigenvalue weighted by Crippen LogP contribution is 2.39. The highest BCUT2D eigenvalue weighted by Gasteiger charge is 2.33. The van der Waals surface area contributed by atoms with E-state index in [2.05, 4.69) is 28.2 Å². The molecule has 2 amide bonds. The highest BCUT2D eigenvalue weighted by molar-refractivity contribution is 7.10. The molecule has 1 unspecified atom stereocenters. The van der Waals surface area contributed by atoms with Crippen molar-refractivity contribution in [3.63, 3.8) is 0 Å². The van der Waals surface area contributed by atoms with Crippen LogP contribution in [0, 0.1) is 6.92 Å². The number of likely N-dealkylation sites (N-methyl/N-ethyl adjacent to an activating group) is 1. The number of benzene rings is 1. The normalized spacial score (nSPS) is 15.6. The van der Waals surface area contributed by atoms with Gasteiger partial charge in [-0.1, -0.05) is 30.7 Å². The molecule has 1 aliphatic heterocycles. The molecule has 5 nitrogen and oxygen atoms in total. The molecular formula is C24H26ClN3O2S2. The van der Waals surface area contributed by atoms with Crippen molar-refractivity contribution >= 4 is 51.8 Å². The van der Waals surface area contributed by atoms with Crippen LogP contribution in [0.25, 0.3) is 0 Å². The number of rotatable bonds is 7. The molecule has 168 valence electrons. The van der Waals surface area contributed by atoms with Crippen LogP contribution in [0.4, 0.5) is 5.69 Å². The lowest BCUT2D eigenvalue weighted by molar-refractivity contribution is -0.134. The third kappa shape index (κ3) is 5.07. The predicted molar refractivity (Wildman–Crippen MR) is 133 cm³/mol. The van der Waals surface area contributed by atoms with Gasteiger partial charge in [0, 0.05) is 27.0 Å². The summed E-state index contributed by atoms with van der Waals surface area (Å²) in [4.78, 5) is 32.4. The maximum Gasteiger partial charge on any atom is 0.238 e. The summed E-state index contributed by atoms with van der Waals surface area (Å²) < 4.78 is 0. The number of hydrogen-bond acceptors (Lipinski definition) is 5. The third-order valence-corrected chi connectivity index (χ3v) is 7.90. The van der Waals surface area contributed by atoms with E-state index in [-0.39, 0.29) is 30.9 Å². The Morgan fingerprint density at radius 1 is 1.19 bits per heavy atom. The monoisotopic (exact) mass is 487 g/mol. The molecule has 4 rings (SSSR count). The number of nitrogens with one attached hydrogen (secondary N) is 1. The van der Waals surface area contributed by atoms with Gasteiger partial charge in [-0.05, 0) is 66.0 Å². The molecule has 0 saturated heterocycles. The molecular weight excluding hydrogens is 462 g/mol. The van der Waals surface area contributed by atoms with Crippen LogP contribution in [-0.2, 0) is 16.0 Å². The molecule has 2 aromatic heterocycles. The summed E-state index contributed by atoms with van der Waals surface area (Å²) in [6.07, 6.45) is 0.876. The van der Waals surface area contributed by atoms with Crippen LogP contribution in [0.2, 0.25) is 5.02 Å². The second-order valence-corrected chi connectivity index (χ2v) is 10.3. The van der Waals surface area contributed by atoms with Crippen molar-refractivity contribution in [3.05, 3.63) is 73.1 Å². The highest BCUT2D eigenvalue weighted by atomic mass is 35.5. The van der Waals surface area contributed by atoms with Crippen LogP contribution in [-0.4, -0.2) is 47.8 Å².